The summed E-state index contributed by atoms with van der Waals surface area (Å²) in [6.07, 6.45) is 0. The second-order valence-electron chi connectivity index (χ2n) is 5.42. The first-order valence-corrected chi connectivity index (χ1v) is 7.30. The molecule has 0 saturated carbocycles. The highest BCUT2D eigenvalue weighted by Gasteiger charge is 2.61. The maximum atomic E-state index is 12.7. The average Bonchev–Trinajstić information content (AvgIpc) is 3.08. The van der Waals surface area contributed by atoms with Gasteiger partial charge in [0.2, 0.25) is 0 Å². The van der Waals surface area contributed by atoms with E-state index in [4.69, 9.17) is 0 Å². The summed E-state index contributed by atoms with van der Waals surface area (Å²) in [5, 5.41) is 10.4. The van der Waals surface area contributed by atoms with Gasteiger partial charge in [0, 0.05) is 5.92 Å². The summed E-state index contributed by atoms with van der Waals surface area (Å²) in [5.41, 5.74) is -1.46. The molecule has 0 spiro atoms. The summed E-state index contributed by atoms with van der Waals surface area (Å²) >= 11 is 0. The molecule has 0 aliphatic heterocycles. The molecule has 3 atom stereocenters. The largest absolute Gasteiger partial charge is 0.510 e. The standard InChI is InChI=1S/C16H16O10/c1-23-13(19)7-5-6(9(11(7)17)15(21)25-3)10(16(22)26-4)12(18)8(5)14(20)24-2/h5,7-8,17H,1-4H3/t5-,7+,8+/m1/s1. The summed E-state index contributed by atoms with van der Waals surface area (Å²) < 4.78 is 18.3. The Morgan fingerprint density at radius 2 is 1.23 bits per heavy atom. The molecule has 2 rings (SSSR count). The van der Waals surface area contributed by atoms with Crippen LogP contribution in [0.2, 0.25) is 0 Å². The first-order valence-electron chi connectivity index (χ1n) is 7.30. The Kier molecular flexibility index (Phi) is 5.15. The van der Waals surface area contributed by atoms with Crippen molar-refractivity contribution >= 4 is 29.7 Å². The molecule has 140 valence electrons. The average molecular weight is 368 g/mol. The SMILES string of the molecule is COC(=O)C1=C(O)[C@@H](C(=O)OC)[C@H]2C1=C(C(=O)OC)C(=O)[C@H]2C(=O)OC. The van der Waals surface area contributed by atoms with Gasteiger partial charge in [-0.25, -0.2) is 9.59 Å². The molecule has 0 bridgehead atoms. The number of esters is 4. The number of carbonyl (C=O) groups is 5. The van der Waals surface area contributed by atoms with Gasteiger partial charge in [0.05, 0.1) is 28.4 Å². The normalized spacial score (nSPS) is 24.3. The number of ketones is 1. The van der Waals surface area contributed by atoms with Gasteiger partial charge in [0.25, 0.3) is 0 Å². The van der Waals surface area contributed by atoms with Crippen molar-refractivity contribution in [1.82, 2.24) is 0 Å². The molecule has 0 unspecified atom stereocenters. The minimum absolute atomic E-state index is 0.294. The molecule has 10 nitrogen and oxygen atoms in total. The Balaban J connectivity index is 2.82. The van der Waals surface area contributed by atoms with E-state index in [0.717, 1.165) is 28.4 Å². The Morgan fingerprint density at radius 3 is 1.69 bits per heavy atom. The Hall–Kier alpha value is -3.17. The fourth-order valence-electron chi connectivity index (χ4n) is 3.29. The highest BCUT2D eigenvalue weighted by Crippen LogP contribution is 2.52. The maximum absolute atomic E-state index is 12.7. The van der Waals surface area contributed by atoms with Crippen molar-refractivity contribution in [2.45, 2.75) is 0 Å². The van der Waals surface area contributed by atoms with Crippen molar-refractivity contribution in [2.75, 3.05) is 28.4 Å². The van der Waals surface area contributed by atoms with Crippen molar-refractivity contribution < 1.29 is 48.0 Å². The lowest BCUT2D eigenvalue weighted by molar-refractivity contribution is -0.153. The molecular formula is C16H16O10. The van der Waals surface area contributed by atoms with Crippen LogP contribution in [0.5, 0.6) is 0 Å². The molecule has 0 radical (unpaired) electrons. The van der Waals surface area contributed by atoms with Gasteiger partial charge in [-0.2, -0.15) is 0 Å². The third kappa shape index (κ3) is 2.54. The van der Waals surface area contributed by atoms with Gasteiger partial charge < -0.3 is 24.1 Å². The molecule has 0 aromatic carbocycles. The van der Waals surface area contributed by atoms with Gasteiger partial charge in [0.1, 0.15) is 28.7 Å². The van der Waals surface area contributed by atoms with Crippen molar-refractivity contribution in [3.8, 4) is 0 Å². The number of hydrogen-bond acceptors (Lipinski definition) is 10. The highest BCUT2D eigenvalue weighted by molar-refractivity contribution is 6.27. The van der Waals surface area contributed by atoms with Gasteiger partial charge in [0.15, 0.2) is 5.78 Å². The number of aliphatic hydroxyl groups excluding tert-OH is 1. The minimum atomic E-state index is -1.63. The zero-order valence-corrected chi connectivity index (χ0v) is 14.4. The van der Waals surface area contributed by atoms with Crippen molar-refractivity contribution in [1.29, 1.82) is 0 Å². The van der Waals surface area contributed by atoms with E-state index in [0.29, 0.717) is 0 Å². The lowest BCUT2D eigenvalue weighted by Crippen LogP contribution is -2.35. The number of fused-ring (bicyclic) bond motifs is 1. The highest BCUT2D eigenvalue weighted by atomic mass is 16.5. The van der Waals surface area contributed by atoms with Crippen LogP contribution < -0.4 is 0 Å². The van der Waals surface area contributed by atoms with Crippen LogP contribution in [-0.4, -0.2) is 63.2 Å². The topological polar surface area (TPSA) is 142 Å². The summed E-state index contributed by atoms with van der Waals surface area (Å²) in [6, 6.07) is 0. The molecule has 2 aliphatic rings. The van der Waals surface area contributed by atoms with E-state index in [2.05, 4.69) is 18.9 Å². The van der Waals surface area contributed by atoms with Gasteiger partial charge in [-0.1, -0.05) is 0 Å². The van der Waals surface area contributed by atoms with Crippen LogP contribution in [0, 0.1) is 17.8 Å². The van der Waals surface area contributed by atoms with E-state index in [9.17, 15) is 29.1 Å². The van der Waals surface area contributed by atoms with E-state index in [1.807, 2.05) is 0 Å². The first kappa shape index (κ1) is 19.2. The molecule has 0 saturated heterocycles. The fourth-order valence-corrected chi connectivity index (χ4v) is 3.29. The van der Waals surface area contributed by atoms with Gasteiger partial charge in [-0.15, -0.1) is 0 Å². The molecule has 1 N–H and O–H groups in total. The number of hydrogen-bond donors (Lipinski definition) is 1. The van der Waals surface area contributed by atoms with Crippen molar-refractivity contribution in [3.63, 3.8) is 0 Å². The molecule has 2 aliphatic carbocycles. The maximum Gasteiger partial charge on any atom is 0.341 e. The molecule has 0 amide bonds. The second-order valence-corrected chi connectivity index (χ2v) is 5.42. The summed E-state index contributed by atoms with van der Waals surface area (Å²) in [6.45, 7) is 0. The Bertz CT molecular complexity index is 772. The predicted octanol–water partition coefficient (Wildman–Crippen LogP) is -0.768. The molecule has 10 heteroatoms. The van der Waals surface area contributed by atoms with Crippen LogP contribution >= 0.6 is 0 Å². The van der Waals surface area contributed by atoms with Gasteiger partial charge >= 0.3 is 23.9 Å². The van der Waals surface area contributed by atoms with E-state index in [1.165, 1.54) is 0 Å². The van der Waals surface area contributed by atoms with E-state index in [1.54, 1.807) is 0 Å². The lowest BCUT2D eigenvalue weighted by Gasteiger charge is -2.20. The number of ether oxygens (including phenoxy) is 4. The predicted molar refractivity (Wildman–Crippen MR) is 80.2 cm³/mol. The third-order valence-corrected chi connectivity index (χ3v) is 4.36. The summed E-state index contributed by atoms with van der Waals surface area (Å²) in [7, 11) is 4.05. The number of methoxy groups -OCH3 is 4. The molecule has 0 aromatic heterocycles. The Labute approximate surface area is 147 Å². The zero-order chi connectivity index (χ0) is 19.8. The van der Waals surface area contributed by atoms with Gasteiger partial charge in [-0.05, 0) is 5.57 Å². The zero-order valence-electron chi connectivity index (χ0n) is 14.4. The summed E-state index contributed by atoms with van der Waals surface area (Å²) in [5.74, 6) is -10.5. The molecule has 26 heavy (non-hydrogen) atoms. The smallest absolute Gasteiger partial charge is 0.341 e. The number of carbonyl (C=O) groups excluding carboxylic acids is 5. The van der Waals surface area contributed by atoms with Crippen LogP contribution in [0.15, 0.2) is 22.5 Å². The van der Waals surface area contributed by atoms with Crippen molar-refractivity contribution in [2.24, 2.45) is 17.8 Å². The van der Waals surface area contributed by atoms with Crippen LogP contribution in [0.1, 0.15) is 0 Å². The molecular weight excluding hydrogens is 352 g/mol. The van der Waals surface area contributed by atoms with Crippen LogP contribution in [0.4, 0.5) is 0 Å². The first-order chi connectivity index (χ1) is 12.3. The second kappa shape index (κ2) is 6.98. The minimum Gasteiger partial charge on any atom is -0.510 e. The van der Waals surface area contributed by atoms with E-state index in [-0.39, 0.29) is 5.57 Å². The molecule has 0 aromatic rings. The van der Waals surface area contributed by atoms with Crippen LogP contribution in [0.3, 0.4) is 0 Å². The number of aliphatic hydroxyl groups is 1. The fraction of sp³-hybridized carbons (Fsp3) is 0.438. The van der Waals surface area contributed by atoms with Crippen molar-refractivity contribution in [3.05, 3.63) is 22.5 Å². The third-order valence-electron chi connectivity index (χ3n) is 4.36. The lowest BCUT2D eigenvalue weighted by atomic mass is 9.83. The number of rotatable bonds is 4. The van der Waals surface area contributed by atoms with E-state index >= 15 is 0 Å². The Morgan fingerprint density at radius 1 is 0.769 bits per heavy atom. The molecule has 0 heterocycles. The van der Waals surface area contributed by atoms with Gasteiger partial charge in [-0.3, -0.25) is 14.4 Å². The quantitative estimate of drug-likeness (QED) is 0.291. The number of Topliss-reactive ketones (excluding diaryl/α,β-unsaturated/α-hetero) is 1. The summed E-state index contributed by atoms with van der Waals surface area (Å²) in [4.78, 5) is 61.2. The monoisotopic (exact) mass is 368 g/mol. The van der Waals surface area contributed by atoms with Crippen LogP contribution in [0.25, 0.3) is 0 Å². The van der Waals surface area contributed by atoms with E-state index < -0.39 is 64.3 Å². The molecule has 0 fully saturated rings. The van der Waals surface area contributed by atoms with Crippen LogP contribution in [-0.2, 0) is 42.9 Å².